The summed E-state index contributed by atoms with van der Waals surface area (Å²) >= 11 is 0. The predicted molar refractivity (Wildman–Crippen MR) is 427 cm³/mol. The molecule has 0 amide bonds. The highest BCUT2D eigenvalue weighted by Gasteiger charge is 2.30. The van der Waals surface area contributed by atoms with Gasteiger partial charge in [-0.05, 0) is 128 Å². The first-order chi connectivity index (χ1) is 50.7. The molecule has 598 valence electrons. The first-order valence-electron chi connectivity index (χ1n) is 40.8. The van der Waals surface area contributed by atoms with Crippen LogP contribution in [0.2, 0.25) is 0 Å². The summed E-state index contributed by atoms with van der Waals surface area (Å²) in [6.45, 7) is 4.61. The zero-order valence-electron chi connectivity index (χ0n) is 65.4. The van der Waals surface area contributed by atoms with Crippen LogP contribution >= 0.6 is 15.6 Å². The predicted octanol–water partition coefficient (Wildman–Crippen LogP) is 23.9. The molecule has 0 aromatic rings. The molecule has 0 aromatic carbocycles. The highest BCUT2D eigenvalue weighted by atomic mass is 31.2. The molecule has 3 N–H and O–H groups in total. The Morgan fingerprint density at radius 3 is 0.865 bits per heavy atom. The summed E-state index contributed by atoms with van der Waals surface area (Å²) < 4.78 is 68.6. The number of carbonyl (C=O) groups excluding carboxylic acids is 4. The average molecular weight is 1500 g/mol. The number of aliphatic hydroxyl groups is 1. The van der Waals surface area contributed by atoms with Crippen molar-refractivity contribution in [2.24, 2.45) is 0 Å². The van der Waals surface area contributed by atoms with Gasteiger partial charge in [0, 0.05) is 25.7 Å². The van der Waals surface area contributed by atoms with E-state index in [1.54, 1.807) is 0 Å². The molecule has 0 saturated heterocycles. The molecule has 5 unspecified atom stereocenters. The van der Waals surface area contributed by atoms with E-state index >= 15 is 0 Å². The second-order valence-corrected chi connectivity index (χ2v) is 29.9. The van der Waals surface area contributed by atoms with E-state index in [-0.39, 0.29) is 25.7 Å². The maximum Gasteiger partial charge on any atom is 0.472 e. The van der Waals surface area contributed by atoms with Crippen LogP contribution in [0, 0.1) is 0 Å². The van der Waals surface area contributed by atoms with Gasteiger partial charge in [0.25, 0.3) is 0 Å². The van der Waals surface area contributed by atoms with Crippen LogP contribution in [0.5, 0.6) is 0 Å². The molecule has 0 saturated carbocycles. The number of allylic oxidation sites excluding steroid dienone is 20. The summed E-state index contributed by atoms with van der Waals surface area (Å²) in [6, 6.07) is 0. The van der Waals surface area contributed by atoms with E-state index < -0.39 is 97.5 Å². The molecule has 5 atom stereocenters. The van der Waals surface area contributed by atoms with E-state index in [1.165, 1.54) is 83.5 Å². The normalized spacial score (nSPS) is 14.5. The Morgan fingerprint density at radius 2 is 0.529 bits per heavy atom. The number of carbonyl (C=O) groups is 4. The number of aliphatic hydroxyl groups excluding tert-OH is 1. The number of rotatable bonds is 76. The fourth-order valence-electron chi connectivity index (χ4n) is 10.7. The molecule has 17 nitrogen and oxygen atoms in total. The van der Waals surface area contributed by atoms with E-state index in [1.807, 2.05) is 12.2 Å². The van der Waals surface area contributed by atoms with Gasteiger partial charge in [-0.3, -0.25) is 37.3 Å². The molecular formula is C85H146O17P2. The van der Waals surface area contributed by atoms with E-state index in [0.29, 0.717) is 32.1 Å². The molecular weight excluding hydrogens is 1350 g/mol. The van der Waals surface area contributed by atoms with Gasteiger partial charge in [-0.15, -0.1) is 0 Å². The molecule has 0 aliphatic heterocycles. The van der Waals surface area contributed by atoms with Gasteiger partial charge >= 0.3 is 39.5 Å². The van der Waals surface area contributed by atoms with Gasteiger partial charge < -0.3 is 33.8 Å². The summed E-state index contributed by atoms with van der Waals surface area (Å²) in [5, 5.41) is 10.6. The molecule has 0 spiro atoms. The van der Waals surface area contributed by atoms with Crippen molar-refractivity contribution >= 4 is 39.5 Å². The van der Waals surface area contributed by atoms with Crippen molar-refractivity contribution in [1.29, 1.82) is 0 Å². The Kier molecular flexibility index (Phi) is 73.3. The minimum absolute atomic E-state index is 0.0731. The van der Waals surface area contributed by atoms with Crippen LogP contribution in [0.3, 0.4) is 0 Å². The van der Waals surface area contributed by atoms with Crippen molar-refractivity contribution in [2.45, 2.75) is 354 Å². The van der Waals surface area contributed by atoms with Gasteiger partial charge in [0.1, 0.15) is 19.3 Å². The molecule has 0 aliphatic rings. The molecule has 0 heterocycles. The summed E-state index contributed by atoms with van der Waals surface area (Å²) in [4.78, 5) is 73.0. The van der Waals surface area contributed by atoms with Crippen LogP contribution in [0.25, 0.3) is 0 Å². The molecule has 0 aliphatic carbocycles. The number of esters is 4. The highest BCUT2D eigenvalue weighted by molar-refractivity contribution is 7.47. The first-order valence-corrected chi connectivity index (χ1v) is 43.8. The molecule has 0 radical (unpaired) electrons. The quantitative estimate of drug-likeness (QED) is 0.0169. The second-order valence-electron chi connectivity index (χ2n) is 27.0. The minimum atomic E-state index is -4.99. The van der Waals surface area contributed by atoms with Crippen LogP contribution in [0.15, 0.2) is 122 Å². The molecule has 104 heavy (non-hydrogen) atoms. The molecule has 0 aromatic heterocycles. The van der Waals surface area contributed by atoms with Crippen LogP contribution in [-0.4, -0.2) is 96.7 Å². The van der Waals surface area contributed by atoms with Crippen LogP contribution in [0.4, 0.5) is 0 Å². The van der Waals surface area contributed by atoms with Crippen molar-refractivity contribution < 1.29 is 80.2 Å². The fourth-order valence-corrected chi connectivity index (χ4v) is 12.3. The molecule has 19 heteroatoms. The highest BCUT2D eigenvalue weighted by Crippen LogP contribution is 2.45. The Hall–Kier alpha value is -4.54. The number of hydrogen-bond acceptors (Lipinski definition) is 15. The van der Waals surface area contributed by atoms with E-state index in [0.717, 1.165) is 167 Å². The van der Waals surface area contributed by atoms with Crippen molar-refractivity contribution in [1.82, 2.24) is 0 Å². The van der Waals surface area contributed by atoms with Gasteiger partial charge in [-0.1, -0.05) is 303 Å². The van der Waals surface area contributed by atoms with Crippen LogP contribution in [0.1, 0.15) is 336 Å². The van der Waals surface area contributed by atoms with Gasteiger partial charge in [0.15, 0.2) is 12.2 Å². The lowest BCUT2D eigenvalue weighted by atomic mass is 10.0. The van der Waals surface area contributed by atoms with Crippen molar-refractivity contribution in [2.75, 3.05) is 39.6 Å². The Morgan fingerprint density at radius 1 is 0.279 bits per heavy atom. The van der Waals surface area contributed by atoms with E-state index in [9.17, 15) is 43.2 Å². The Bertz CT molecular complexity index is 2440. The third-order valence-electron chi connectivity index (χ3n) is 16.9. The summed E-state index contributed by atoms with van der Waals surface area (Å²) in [7, 11) is -9.98. The summed E-state index contributed by atoms with van der Waals surface area (Å²) in [6.07, 6.45) is 84.6. The topological polar surface area (TPSA) is 237 Å². The van der Waals surface area contributed by atoms with Crippen LogP contribution in [-0.2, 0) is 65.4 Å². The Balaban J connectivity index is 5.39. The minimum Gasteiger partial charge on any atom is -0.462 e. The molecule has 0 rings (SSSR count). The molecule has 0 fully saturated rings. The van der Waals surface area contributed by atoms with Crippen LogP contribution < -0.4 is 0 Å². The standard InChI is InChI=1S/C85H146O17P2/c1-5-9-13-17-21-25-29-33-36-38-39-41-44-47-50-54-58-62-66-70-83(88)95-75-80(101-84(89)71-67-63-59-55-51-45-32-28-24-20-16-12-8-4)77-99-103(91,92)97-73-79(86)74-98-104(93,94)100-78-81(102-85(90)72-68-64-60-56-52-48-42-35-31-27-23-19-15-11-7-3)76-96-82(87)69-65-61-57-53-49-46-43-40-37-34-30-26-22-18-14-10-6-2/h10,14,16,20-22,25-26,28,32-34,36-37,39,41,43,46,53,57,79-81,86H,5-9,11-13,15,17-19,23-24,27,29-31,35,38,40,42,44-45,47-52,54-56,58-78H2,1-4H3,(H,91,92)(H,93,94)/b14-10-,20-16-,25-21-,26-22-,32-28-,36-33-,37-34-,41-39-,46-43-,57-53-. The largest absolute Gasteiger partial charge is 0.472 e. The monoisotopic (exact) mass is 1500 g/mol. The maximum atomic E-state index is 13.1. The maximum absolute atomic E-state index is 13.1. The van der Waals surface area contributed by atoms with Gasteiger partial charge in [-0.2, -0.15) is 0 Å². The first kappa shape index (κ1) is 99.5. The third-order valence-corrected chi connectivity index (χ3v) is 18.8. The van der Waals surface area contributed by atoms with Gasteiger partial charge in [0.2, 0.25) is 0 Å². The van der Waals surface area contributed by atoms with Crippen molar-refractivity contribution in [3.05, 3.63) is 122 Å². The number of hydrogen-bond donors (Lipinski definition) is 3. The second kappa shape index (κ2) is 76.6. The summed E-state index contributed by atoms with van der Waals surface area (Å²) in [5.74, 6) is -2.26. The lowest BCUT2D eigenvalue weighted by Crippen LogP contribution is -2.30. The number of phosphoric acid groups is 2. The zero-order chi connectivity index (χ0) is 76.0. The fraction of sp³-hybridized carbons (Fsp3) is 0.718. The third kappa shape index (κ3) is 75.7. The van der Waals surface area contributed by atoms with Gasteiger partial charge in [-0.25, -0.2) is 9.13 Å². The zero-order valence-corrected chi connectivity index (χ0v) is 67.2. The van der Waals surface area contributed by atoms with E-state index in [4.69, 9.17) is 37.0 Å². The smallest absolute Gasteiger partial charge is 0.462 e. The van der Waals surface area contributed by atoms with Crippen molar-refractivity contribution in [3.63, 3.8) is 0 Å². The number of phosphoric ester groups is 2. The molecule has 0 bridgehead atoms. The summed E-state index contributed by atoms with van der Waals surface area (Å²) in [5.41, 5.74) is 0. The van der Waals surface area contributed by atoms with Crippen molar-refractivity contribution in [3.8, 4) is 0 Å². The van der Waals surface area contributed by atoms with E-state index in [2.05, 4.69) is 137 Å². The Labute approximate surface area is 632 Å². The average Bonchev–Trinajstić information content (AvgIpc) is 0.939. The number of unbranched alkanes of at least 4 members (excludes halogenated alkanes) is 30. The lowest BCUT2D eigenvalue weighted by molar-refractivity contribution is -0.161. The SMILES string of the molecule is CC/C=C\C/C=C\C/C=C\C/C=C\C/C=C\CCCC(=O)OCC(COP(=O)(O)OCC(O)COP(=O)(O)OCC(COC(=O)CCCCCCCC/C=C\C/C=C\C/C=C\CCCCC)OC(=O)CCCCCCC/C=C\C/C=C\CCC)OC(=O)CCCCCCCCCCCCCCCCC. The van der Waals surface area contributed by atoms with Gasteiger partial charge in [0.05, 0.1) is 26.4 Å². The number of ether oxygens (including phenoxy) is 4. The lowest BCUT2D eigenvalue weighted by Gasteiger charge is -2.21.